The lowest BCUT2D eigenvalue weighted by Crippen LogP contribution is -2.37. The number of amides is 1. The van der Waals surface area contributed by atoms with Crippen molar-refractivity contribution in [2.24, 2.45) is 0 Å². The van der Waals surface area contributed by atoms with Gasteiger partial charge < -0.3 is 25.0 Å². The minimum atomic E-state index is -0.252. The Labute approximate surface area is 167 Å². The van der Waals surface area contributed by atoms with Crippen molar-refractivity contribution in [3.8, 4) is 5.75 Å². The van der Waals surface area contributed by atoms with Crippen LogP contribution in [0.4, 0.5) is 17.1 Å². The van der Waals surface area contributed by atoms with E-state index in [-0.39, 0.29) is 12.0 Å². The normalized spacial score (nSPS) is 18.7. The molecule has 0 spiro atoms. The van der Waals surface area contributed by atoms with Gasteiger partial charge in [-0.05, 0) is 19.1 Å². The van der Waals surface area contributed by atoms with Gasteiger partial charge in [0.25, 0.3) is 5.91 Å². The molecule has 2 aromatic heterocycles. The topological polar surface area (TPSA) is 93.0 Å². The first kappa shape index (κ1) is 17.7. The van der Waals surface area contributed by atoms with Crippen LogP contribution in [0.25, 0.3) is 5.65 Å². The van der Waals surface area contributed by atoms with Crippen molar-refractivity contribution in [3.05, 3.63) is 42.4 Å². The summed E-state index contributed by atoms with van der Waals surface area (Å²) in [7, 11) is 0. The van der Waals surface area contributed by atoms with E-state index in [0.29, 0.717) is 24.4 Å². The van der Waals surface area contributed by atoms with E-state index < -0.39 is 0 Å². The Bertz CT molecular complexity index is 1060. The van der Waals surface area contributed by atoms with Crippen molar-refractivity contribution < 1.29 is 14.3 Å². The molecule has 9 nitrogen and oxygen atoms in total. The van der Waals surface area contributed by atoms with E-state index in [9.17, 15) is 4.79 Å². The minimum Gasteiger partial charge on any atom is -0.487 e. The van der Waals surface area contributed by atoms with E-state index in [2.05, 4.69) is 25.6 Å². The summed E-state index contributed by atoms with van der Waals surface area (Å²) >= 11 is 0. The molecule has 3 aromatic rings. The largest absolute Gasteiger partial charge is 0.487 e. The molecule has 4 heterocycles. The quantitative estimate of drug-likeness (QED) is 0.702. The summed E-state index contributed by atoms with van der Waals surface area (Å²) in [6.45, 7) is 5.55. The van der Waals surface area contributed by atoms with Crippen molar-refractivity contribution in [3.63, 3.8) is 0 Å². The zero-order valence-corrected chi connectivity index (χ0v) is 16.1. The average Bonchev–Trinajstić information content (AvgIpc) is 3.18. The molecule has 1 unspecified atom stereocenters. The number of ether oxygens (including phenoxy) is 2. The summed E-state index contributed by atoms with van der Waals surface area (Å²) in [5.74, 6) is 0.541. The van der Waals surface area contributed by atoms with Gasteiger partial charge in [-0.25, -0.2) is 9.50 Å². The van der Waals surface area contributed by atoms with Crippen LogP contribution in [0.1, 0.15) is 17.3 Å². The Hall–Kier alpha value is -3.33. The van der Waals surface area contributed by atoms with Gasteiger partial charge in [-0.2, -0.15) is 5.10 Å². The molecule has 2 N–H and O–H groups in total. The molecule has 9 heteroatoms. The van der Waals surface area contributed by atoms with Crippen LogP contribution in [0.15, 0.2) is 36.8 Å². The predicted octanol–water partition coefficient (Wildman–Crippen LogP) is 2.01. The van der Waals surface area contributed by atoms with E-state index in [0.717, 1.165) is 42.4 Å². The molecule has 2 aliphatic rings. The second kappa shape index (κ2) is 7.25. The first-order valence-electron chi connectivity index (χ1n) is 9.70. The zero-order valence-electron chi connectivity index (χ0n) is 16.1. The maximum absolute atomic E-state index is 13.0. The monoisotopic (exact) mass is 394 g/mol. The van der Waals surface area contributed by atoms with E-state index in [1.54, 1.807) is 23.0 Å². The molecule has 2 aliphatic heterocycles. The Balaban J connectivity index is 1.51. The van der Waals surface area contributed by atoms with Crippen LogP contribution < -0.4 is 20.3 Å². The third-order valence-corrected chi connectivity index (χ3v) is 5.13. The molecule has 1 aromatic carbocycles. The number of carbonyl (C=O) groups excluding carboxylic acids is 1. The van der Waals surface area contributed by atoms with E-state index >= 15 is 0 Å². The molecule has 5 rings (SSSR count). The highest BCUT2D eigenvalue weighted by molar-refractivity contribution is 6.09. The van der Waals surface area contributed by atoms with Crippen molar-refractivity contribution in [1.82, 2.24) is 14.6 Å². The summed E-state index contributed by atoms with van der Waals surface area (Å²) in [6.07, 6.45) is 5.03. The molecular formula is C20H22N6O3. The summed E-state index contributed by atoms with van der Waals surface area (Å²) in [5, 5.41) is 10.6. The lowest BCUT2D eigenvalue weighted by molar-refractivity contribution is 0.102. The number of benzene rings is 1. The lowest BCUT2D eigenvalue weighted by Gasteiger charge is -2.33. The first-order chi connectivity index (χ1) is 14.2. The summed E-state index contributed by atoms with van der Waals surface area (Å²) in [5.41, 5.74) is 3.45. The molecule has 1 fully saturated rings. The molecular weight excluding hydrogens is 372 g/mol. The van der Waals surface area contributed by atoms with Crippen LogP contribution in [0.3, 0.4) is 0 Å². The highest BCUT2D eigenvalue weighted by atomic mass is 16.5. The molecule has 0 bridgehead atoms. The van der Waals surface area contributed by atoms with Crippen molar-refractivity contribution >= 4 is 28.6 Å². The Morgan fingerprint density at radius 2 is 2.17 bits per heavy atom. The van der Waals surface area contributed by atoms with Crippen LogP contribution in [0.5, 0.6) is 5.75 Å². The van der Waals surface area contributed by atoms with E-state index in [1.165, 1.54) is 6.20 Å². The molecule has 29 heavy (non-hydrogen) atoms. The molecule has 1 saturated heterocycles. The number of nitrogens with one attached hydrogen (secondary N) is 2. The van der Waals surface area contributed by atoms with Gasteiger partial charge in [0.1, 0.15) is 17.4 Å². The molecule has 1 amide bonds. The second-order valence-electron chi connectivity index (χ2n) is 7.17. The van der Waals surface area contributed by atoms with Gasteiger partial charge in [-0.15, -0.1) is 0 Å². The highest BCUT2D eigenvalue weighted by Gasteiger charge is 2.24. The molecule has 0 saturated carbocycles. The maximum Gasteiger partial charge on any atom is 0.261 e. The van der Waals surface area contributed by atoms with Crippen molar-refractivity contribution in [2.75, 3.05) is 48.4 Å². The number of aromatic nitrogens is 3. The van der Waals surface area contributed by atoms with Crippen LogP contribution in [0, 0.1) is 0 Å². The zero-order chi connectivity index (χ0) is 19.8. The van der Waals surface area contributed by atoms with Crippen molar-refractivity contribution in [2.45, 2.75) is 13.0 Å². The number of carbonyl (C=O) groups is 1. The second-order valence-corrected chi connectivity index (χ2v) is 7.17. The van der Waals surface area contributed by atoms with E-state index in [4.69, 9.17) is 9.47 Å². The fourth-order valence-electron chi connectivity index (χ4n) is 3.66. The van der Waals surface area contributed by atoms with Crippen molar-refractivity contribution in [1.29, 1.82) is 0 Å². The number of anilines is 3. The Morgan fingerprint density at radius 3 is 3.03 bits per heavy atom. The summed E-state index contributed by atoms with van der Waals surface area (Å²) < 4.78 is 13.1. The SMILES string of the molecule is CC1CNc2cc(NC(=O)c3cnn4cccnc34)c(N3CCOCC3)cc2O1. The molecule has 0 radical (unpaired) electrons. The highest BCUT2D eigenvalue weighted by Crippen LogP contribution is 2.39. The number of hydrogen-bond acceptors (Lipinski definition) is 7. The van der Waals surface area contributed by atoms with Crippen LogP contribution in [-0.2, 0) is 4.74 Å². The van der Waals surface area contributed by atoms with Crippen LogP contribution in [-0.4, -0.2) is 59.5 Å². The van der Waals surface area contributed by atoms with Gasteiger partial charge in [-0.3, -0.25) is 4.79 Å². The standard InChI is InChI=1S/C20H22N6O3/c1-13-11-22-16-9-15(17(10-18(16)29-13)25-5-7-28-8-6-25)24-20(27)14-12-23-26-4-2-3-21-19(14)26/h2-4,9-10,12-13,22H,5-8,11H2,1H3,(H,24,27). The smallest absolute Gasteiger partial charge is 0.261 e. The average molecular weight is 394 g/mol. The van der Waals surface area contributed by atoms with Gasteiger partial charge in [0, 0.05) is 31.5 Å². The fourth-order valence-corrected chi connectivity index (χ4v) is 3.66. The van der Waals surface area contributed by atoms with Gasteiger partial charge in [0.2, 0.25) is 0 Å². The third kappa shape index (κ3) is 3.33. The van der Waals surface area contributed by atoms with Gasteiger partial charge in [0.15, 0.2) is 5.65 Å². The first-order valence-corrected chi connectivity index (χ1v) is 9.70. The number of rotatable bonds is 3. The predicted molar refractivity (Wildman–Crippen MR) is 109 cm³/mol. The van der Waals surface area contributed by atoms with E-state index in [1.807, 2.05) is 19.1 Å². The van der Waals surface area contributed by atoms with Crippen LogP contribution in [0.2, 0.25) is 0 Å². The summed E-state index contributed by atoms with van der Waals surface area (Å²) in [4.78, 5) is 19.5. The van der Waals surface area contributed by atoms with Gasteiger partial charge in [0.05, 0.1) is 43.0 Å². The minimum absolute atomic E-state index is 0.0883. The van der Waals surface area contributed by atoms with Gasteiger partial charge >= 0.3 is 0 Å². The fraction of sp³-hybridized carbons (Fsp3) is 0.350. The molecule has 0 aliphatic carbocycles. The third-order valence-electron chi connectivity index (χ3n) is 5.13. The van der Waals surface area contributed by atoms with Gasteiger partial charge in [-0.1, -0.05) is 0 Å². The number of fused-ring (bicyclic) bond motifs is 2. The Morgan fingerprint density at radius 1 is 1.31 bits per heavy atom. The number of nitrogens with zero attached hydrogens (tertiary/aromatic N) is 4. The summed E-state index contributed by atoms with van der Waals surface area (Å²) in [6, 6.07) is 5.70. The number of morpholine rings is 1. The molecule has 1 atom stereocenters. The maximum atomic E-state index is 13.0. The number of hydrogen-bond donors (Lipinski definition) is 2. The lowest BCUT2D eigenvalue weighted by atomic mass is 10.1. The molecule has 150 valence electrons. The Kier molecular flexibility index (Phi) is 4.44. The van der Waals surface area contributed by atoms with Crippen LogP contribution >= 0.6 is 0 Å².